The van der Waals surface area contributed by atoms with Gasteiger partial charge in [-0.25, -0.2) is 4.79 Å². The molecule has 1 saturated heterocycles. The first-order chi connectivity index (χ1) is 9.90. The Morgan fingerprint density at radius 2 is 2.00 bits per heavy atom. The maximum absolute atomic E-state index is 11.9. The molecule has 0 aliphatic carbocycles. The van der Waals surface area contributed by atoms with Crippen LogP contribution in [0.4, 0.5) is 0 Å². The van der Waals surface area contributed by atoms with Crippen LogP contribution in [0.25, 0.3) is 0 Å². The Hall–Kier alpha value is -2.37. The van der Waals surface area contributed by atoms with Crippen molar-refractivity contribution >= 4 is 17.8 Å². The zero-order chi connectivity index (χ0) is 15.6. The van der Waals surface area contributed by atoms with Crippen molar-refractivity contribution in [2.24, 2.45) is 5.92 Å². The summed E-state index contributed by atoms with van der Waals surface area (Å²) in [5, 5.41) is 18.4. The van der Waals surface area contributed by atoms with Gasteiger partial charge in [0.05, 0.1) is 5.92 Å². The number of rotatable bonds is 5. The third-order valence-corrected chi connectivity index (χ3v) is 3.84. The van der Waals surface area contributed by atoms with Crippen molar-refractivity contribution in [3.05, 3.63) is 35.4 Å². The van der Waals surface area contributed by atoms with Crippen LogP contribution in [0.1, 0.15) is 17.5 Å². The van der Waals surface area contributed by atoms with Crippen LogP contribution in [0.3, 0.4) is 0 Å². The summed E-state index contributed by atoms with van der Waals surface area (Å²) < 4.78 is 0. The maximum atomic E-state index is 11.9. The Morgan fingerprint density at radius 3 is 2.52 bits per heavy atom. The Kier molecular flexibility index (Phi) is 4.26. The van der Waals surface area contributed by atoms with E-state index < -0.39 is 29.8 Å². The van der Waals surface area contributed by atoms with Crippen molar-refractivity contribution < 1.29 is 24.6 Å². The molecule has 0 aromatic heterocycles. The lowest BCUT2D eigenvalue weighted by Crippen LogP contribution is -2.44. The van der Waals surface area contributed by atoms with E-state index in [2.05, 4.69) is 0 Å². The molecule has 1 aliphatic rings. The standard InChI is InChI=1S/C15H17NO5/c1-9-4-2-3-5-10(9)6-12(15(20)21)16-8-11(14(18)19)7-13(16)17/h2-5,11-12H,6-8H2,1H3,(H,18,19)(H,20,21)/t11?,12-/m0/s1. The fraction of sp³-hybridized carbons (Fsp3) is 0.400. The summed E-state index contributed by atoms with van der Waals surface area (Å²) in [6, 6.07) is 6.34. The number of carbonyl (C=O) groups excluding carboxylic acids is 1. The first-order valence-corrected chi connectivity index (χ1v) is 6.69. The van der Waals surface area contributed by atoms with Crippen LogP contribution in [0.15, 0.2) is 24.3 Å². The van der Waals surface area contributed by atoms with E-state index in [1.54, 1.807) is 0 Å². The Balaban J connectivity index is 2.20. The highest BCUT2D eigenvalue weighted by atomic mass is 16.4. The summed E-state index contributed by atoms with van der Waals surface area (Å²) in [7, 11) is 0. The minimum absolute atomic E-state index is 0.0446. The quantitative estimate of drug-likeness (QED) is 0.841. The van der Waals surface area contributed by atoms with Gasteiger partial charge in [0.1, 0.15) is 6.04 Å². The molecule has 6 nitrogen and oxygen atoms in total. The van der Waals surface area contributed by atoms with E-state index in [9.17, 15) is 19.5 Å². The molecule has 2 rings (SSSR count). The van der Waals surface area contributed by atoms with E-state index in [1.807, 2.05) is 31.2 Å². The molecule has 112 valence electrons. The van der Waals surface area contributed by atoms with Gasteiger partial charge >= 0.3 is 11.9 Å². The summed E-state index contributed by atoms with van der Waals surface area (Å²) in [4.78, 5) is 35.5. The van der Waals surface area contributed by atoms with Crippen molar-refractivity contribution in [2.75, 3.05) is 6.54 Å². The smallest absolute Gasteiger partial charge is 0.326 e. The van der Waals surface area contributed by atoms with Gasteiger partial charge in [-0.05, 0) is 18.1 Å². The van der Waals surface area contributed by atoms with E-state index in [4.69, 9.17) is 5.11 Å². The zero-order valence-electron chi connectivity index (χ0n) is 11.7. The Labute approximate surface area is 122 Å². The lowest BCUT2D eigenvalue weighted by Gasteiger charge is -2.25. The van der Waals surface area contributed by atoms with Crippen LogP contribution in [-0.4, -0.2) is 45.5 Å². The van der Waals surface area contributed by atoms with Gasteiger partial charge < -0.3 is 15.1 Å². The second kappa shape index (κ2) is 5.95. The number of likely N-dealkylation sites (tertiary alicyclic amines) is 1. The number of hydrogen-bond acceptors (Lipinski definition) is 3. The molecule has 1 unspecified atom stereocenters. The molecule has 2 atom stereocenters. The van der Waals surface area contributed by atoms with Gasteiger partial charge in [0.25, 0.3) is 0 Å². The SMILES string of the molecule is Cc1ccccc1C[C@@H](C(=O)O)N1CC(C(=O)O)CC1=O. The van der Waals surface area contributed by atoms with E-state index in [-0.39, 0.29) is 19.4 Å². The second-order valence-corrected chi connectivity index (χ2v) is 5.27. The van der Waals surface area contributed by atoms with E-state index in [1.165, 1.54) is 4.90 Å². The molecular weight excluding hydrogens is 274 g/mol. The van der Waals surface area contributed by atoms with Crippen LogP contribution in [0, 0.1) is 12.8 Å². The maximum Gasteiger partial charge on any atom is 0.326 e. The average molecular weight is 291 g/mol. The normalized spacial score (nSPS) is 19.6. The molecule has 1 heterocycles. The molecule has 0 bridgehead atoms. The third-order valence-electron chi connectivity index (χ3n) is 3.84. The molecular formula is C15H17NO5. The molecule has 1 aromatic carbocycles. The number of nitrogens with zero attached hydrogens (tertiary/aromatic N) is 1. The van der Waals surface area contributed by atoms with Gasteiger partial charge in [0.15, 0.2) is 0 Å². The highest BCUT2D eigenvalue weighted by Gasteiger charge is 2.40. The molecule has 1 amide bonds. The third kappa shape index (κ3) is 3.21. The van der Waals surface area contributed by atoms with Crippen molar-refractivity contribution in [1.82, 2.24) is 4.90 Å². The fourth-order valence-electron chi connectivity index (χ4n) is 2.58. The van der Waals surface area contributed by atoms with E-state index in [0.717, 1.165) is 11.1 Å². The summed E-state index contributed by atoms with van der Waals surface area (Å²) >= 11 is 0. The van der Waals surface area contributed by atoms with Gasteiger partial charge in [-0.1, -0.05) is 24.3 Å². The van der Waals surface area contributed by atoms with Crippen LogP contribution in [0.2, 0.25) is 0 Å². The molecule has 2 N–H and O–H groups in total. The van der Waals surface area contributed by atoms with Crippen molar-refractivity contribution in [3.63, 3.8) is 0 Å². The molecule has 0 saturated carbocycles. The number of benzene rings is 1. The number of carboxylic acid groups (broad SMARTS) is 2. The van der Waals surface area contributed by atoms with Gasteiger partial charge in [0, 0.05) is 19.4 Å². The summed E-state index contributed by atoms with van der Waals surface area (Å²) in [5.41, 5.74) is 1.79. The lowest BCUT2D eigenvalue weighted by molar-refractivity contribution is -0.148. The highest BCUT2D eigenvalue weighted by Crippen LogP contribution is 2.23. The molecule has 1 aliphatic heterocycles. The number of carbonyl (C=O) groups is 3. The van der Waals surface area contributed by atoms with Crippen LogP contribution < -0.4 is 0 Å². The molecule has 1 aromatic rings. The van der Waals surface area contributed by atoms with E-state index in [0.29, 0.717) is 0 Å². The summed E-state index contributed by atoms with van der Waals surface area (Å²) in [5.74, 6) is -3.41. The van der Waals surface area contributed by atoms with E-state index >= 15 is 0 Å². The molecule has 6 heteroatoms. The minimum atomic E-state index is -1.11. The van der Waals surface area contributed by atoms with Crippen LogP contribution in [-0.2, 0) is 20.8 Å². The number of hydrogen-bond donors (Lipinski definition) is 2. The van der Waals surface area contributed by atoms with Gasteiger partial charge in [-0.15, -0.1) is 0 Å². The minimum Gasteiger partial charge on any atom is -0.481 e. The fourth-order valence-corrected chi connectivity index (χ4v) is 2.58. The number of amides is 1. The zero-order valence-corrected chi connectivity index (χ0v) is 11.7. The summed E-state index contributed by atoms with van der Waals surface area (Å²) in [6.45, 7) is 1.83. The topological polar surface area (TPSA) is 94.9 Å². The van der Waals surface area contributed by atoms with Gasteiger partial charge in [-0.3, -0.25) is 9.59 Å². The predicted octanol–water partition coefficient (Wildman–Crippen LogP) is 0.924. The largest absolute Gasteiger partial charge is 0.481 e. The number of carboxylic acids is 2. The van der Waals surface area contributed by atoms with Crippen molar-refractivity contribution in [3.8, 4) is 0 Å². The van der Waals surface area contributed by atoms with Gasteiger partial charge in [0.2, 0.25) is 5.91 Å². The average Bonchev–Trinajstić information content (AvgIpc) is 2.79. The molecule has 0 radical (unpaired) electrons. The molecule has 1 fully saturated rings. The predicted molar refractivity (Wildman–Crippen MR) is 73.8 cm³/mol. The Morgan fingerprint density at radius 1 is 1.33 bits per heavy atom. The highest BCUT2D eigenvalue weighted by molar-refractivity contribution is 5.89. The monoisotopic (exact) mass is 291 g/mol. The first kappa shape index (κ1) is 15.0. The first-order valence-electron chi connectivity index (χ1n) is 6.69. The number of aliphatic carboxylic acids is 2. The molecule has 21 heavy (non-hydrogen) atoms. The van der Waals surface area contributed by atoms with Crippen molar-refractivity contribution in [2.45, 2.75) is 25.8 Å². The molecule has 0 spiro atoms. The summed E-state index contributed by atoms with van der Waals surface area (Å²) in [6.07, 6.45) is 0.0486. The van der Waals surface area contributed by atoms with Crippen LogP contribution in [0.5, 0.6) is 0 Å². The number of aryl methyl sites for hydroxylation is 1. The Bertz CT molecular complexity index is 583. The van der Waals surface area contributed by atoms with Crippen molar-refractivity contribution in [1.29, 1.82) is 0 Å². The lowest BCUT2D eigenvalue weighted by atomic mass is 10.0. The van der Waals surface area contributed by atoms with Crippen LogP contribution >= 0.6 is 0 Å². The van der Waals surface area contributed by atoms with Gasteiger partial charge in [-0.2, -0.15) is 0 Å². The second-order valence-electron chi connectivity index (χ2n) is 5.27.